The van der Waals surface area contributed by atoms with Crippen molar-refractivity contribution in [1.29, 1.82) is 0 Å². The van der Waals surface area contributed by atoms with E-state index in [0.29, 0.717) is 41.9 Å². The van der Waals surface area contributed by atoms with Crippen molar-refractivity contribution in [3.63, 3.8) is 0 Å². The number of likely N-dealkylation sites (N-methyl/N-ethyl adjacent to an activating group) is 1. The smallest absolute Gasteiger partial charge is 0.321 e. The van der Waals surface area contributed by atoms with Crippen molar-refractivity contribution < 1.29 is 23.2 Å². The third kappa shape index (κ3) is 5.69. The molecule has 0 aliphatic rings. The summed E-state index contributed by atoms with van der Waals surface area (Å²) in [7, 11) is 3.23. The largest absolute Gasteiger partial charge is 0.495 e. The maximum atomic E-state index is 12.9. The van der Waals surface area contributed by atoms with Gasteiger partial charge in [-0.15, -0.1) is 0 Å². The molecule has 0 atom stereocenters. The van der Waals surface area contributed by atoms with E-state index in [0.717, 1.165) is 5.56 Å². The molecule has 0 spiro atoms. The normalized spacial score (nSPS) is 10.5. The highest BCUT2D eigenvalue weighted by Gasteiger charge is 2.14. The van der Waals surface area contributed by atoms with Crippen LogP contribution in [-0.4, -0.2) is 41.8 Å². The van der Waals surface area contributed by atoms with Crippen LogP contribution in [0.15, 0.2) is 47.0 Å². The Kier molecular flexibility index (Phi) is 6.84. The monoisotopic (exact) mass is 414 g/mol. The molecule has 2 aromatic carbocycles. The number of nitrogens with one attached hydrogen (secondary N) is 1. The number of amides is 2. The average Bonchev–Trinajstić information content (AvgIpc) is 3.19. The van der Waals surface area contributed by atoms with E-state index >= 15 is 0 Å². The topological polar surface area (TPSA) is 89.7 Å². The van der Waals surface area contributed by atoms with Crippen LogP contribution in [0.25, 0.3) is 0 Å². The van der Waals surface area contributed by atoms with E-state index in [1.165, 1.54) is 29.2 Å². The molecule has 158 valence electrons. The Morgan fingerprint density at radius 3 is 2.73 bits per heavy atom. The minimum atomic E-state index is -0.337. The second-order valence-electron chi connectivity index (χ2n) is 6.65. The Morgan fingerprint density at radius 1 is 1.23 bits per heavy atom. The fourth-order valence-corrected chi connectivity index (χ4v) is 2.63. The van der Waals surface area contributed by atoms with E-state index in [1.54, 1.807) is 20.2 Å². The molecule has 0 aliphatic carbocycles. The Labute approximate surface area is 173 Å². The fourth-order valence-electron chi connectivity index (χ4n) is 2.63. The predicted molar refractivity (Wildman–Crippen MR) is 108 cm³/mol. The van der Waals surface area contributed by atoms with E-state index in [2.05, 4.69) is 15.5 Å². The summed E-state index contributed by atoms with van der Waals surface area (Å²) in [6.45, 7) is 2.40. The zero-order chi connectivity index (χ0) is 21.5. The number of aromatic nitrogens is 2. The van der Waals surface area contributed by atoms with Gasteiger partial charge in [0.25, 0.3) is 5.89 Å². The number of benzene rings is 2. The third-order valence-electron chi connectivity index (χ3n) is 4.30. The molecule has 1 heterocycles. The van der Waals surface area contributed by atoms with Crippen LogP contribution in [0, 0.1) is 12.7 Å². The van der Waals surface area contributed by atoms with Gasteiger partial charge in [0.05, 0.1) is 12.8 Å². The Bertz CT molecular complexity index is 991. The molecule has 9 heteroatoms. The first-order valence-electron chi connectivity index (χ1n) is 9.31. The number of halogens is 1. The van der Waals surface area contributed by atoms with Gasteiger partial charge in [-0.25, -0.2) is 9.18 Å². The quantitative estimate of drug-likeness (QED) is 0.603. The van der Waals surface area contributed by atoms with E-state index in [-0.39, 0.29) is 18.5 Å². The van der Waals surface area contributed by atoms with Crippen LogP contribution in [0.5, 0.6) is 11.5 Å². The van der Waals surface area contributed by atoms with E-state index in [9.17, 15) is 9.18 Å². The van der Waals surface area contributed by atoms with Gasteiger partial charge in [-0.1, -0.05) is 11.2 Å². The minimum absolute atomic E-state index is 0.0715. The number of anilines is 1. The fraction of sp³-hybridized carbons (Fsp3) is 0.286. The molecule has 0 fully saturated rings. The van der Waals surface area contributed by atoms with Gasteiger partial charge < -0.3 is 24.2 Å². The molecule has 30 heavy (non-hydrogen) atoms. The first-order valence-corrected chi connectivity index (χ1v) is 9.31. The van der Waals surface area contributed by atoms with Gasteiger partial charge in [0.15, 0.2) is 12.4 Å². The molecular formula is C21H23FN4O4. The van der Waals surface area contributed by atoms with Gasteiger partial charge in [-0.2, -0.15) is 4.98 Å². The van der Waals surface area contributed by atoms with Crippen molar-refractivity contribution in [3.8, 4) is 11.5 Å². The Morgan fingerprint density at radius 2 is 2.00 bits per heavy atom. The molecule has 1 N–H and O–H groups in total. The number of hydrogen-bond donors (Lipinski definition) is 1. The number of urea groups is 1. The lowest BCUT2D eigenvalue weighted by atomic mass is 10.2. The lowest BCUT2D eigenvalue weighted by molar-refractivity contribution is 0.222. The van der Waals surface area contributed by atoms with Crippen LogP contribution in [-0.2, 0) is 13.0 Å². The van der Waals surface area contributed by atoms with Crippen LogP contribution in [0.3, 0.4) is 0 Å². The van der Waals surface area contributed by atoms with Gasteiger partial charge in [0.1, 0.15) is 17.3 Å². The number of nitrogens with zero attached hydrogens (tertiary/aromatic N) is 3. The number of ether oxygens (including phenoxy) is 2. The molecule has 0 saturated carbocycles. The number of rotatable bonds is 8. The van der Waals surface area contributed by atoms with Crippen molar-refractivity contribution in [2.45, 2.75) is 20.0 Å². The molecule has 3 aromatic rings. The zero-order valence-corrected chi connectivity index (χ0v) is 17.0. The van der Waals surface area contributed by atoms with Crippen molar-refractivity contribution in [2.75, 3.05) is 26.0 Å². The number of carbonyl (C=O) groups is 1. The lowest BCUT2D eigenvalue weighted by Gasteiger charge is -2.18. The molecule has 3 rings (SSSR count). The van der Waals surface area contributed by atoms with Crippen LogP contribution in [0.1, 0.15) is 17.3 Å². The first kappa shape index (κ1) is 21.1. The molecule has 0 bridgehead atoms. The van der Waals surface area contributed by atoms with Crippen molar-refractivity contribution in [2.24, 2.45) is 0 Å². The van der Waals surface area contributed by atoms with E-state index in [1.807, 2.05) is 19.1 Å². The maximum Gasteiger partial charge on any atom is 0.321 e. The Hall–Kier alpha value is -3.62. The second kappa shape index (κ2) is 9.73. The van der Waals surface area contributed by atoms with Gasteiger partial charge in [-0.05, 0) is 48.9 Å². The van der Waals surface area contributed by atoms with Gasteiger partial charge >= 0.3 is 6.03 Å². The number of carbonyl (C=O) groups excluding carboxylic acids is 1. The molecule has 2 amide bonds. The van der Waals surface area contributed by atoms with Crippen LogP contribution >= 0.6 is 0 Å². The van der Waals surface area contributed by atoms with Crippen LogP contribution in [0.2, 0.25) is 0 Å². The molecular weight excluding hydrogens is 391 g/mol. The van der Waals surface area contributed by atoms with Crippen molar-refractivity contribution in [1.82, 2.24) is 15.0 Å². The third-order valence-corrected chi connectivity index (χ3v) is 4.30. The highest BCUT2D eigenvalue weighted by molar-refractivity contribution is 5.91. The summed E-state index contributed by atoms with van der Waals surface area (Å²) in [6.07, 6.45) is 0.412. The molecule has 0 aliphatic heterocycles. The predicted octanol–water partition coefficient (Wildman–Crippen LogP) is 3.81. The highest BCUT2D eigenvalue weighted by Crippen LogP contribution is 2.25. The summed E-state index contributed by atoms with van der Waals surface area (Å²) in [6, 6.07) is 10.9. The molecule has 0 radical (unpaired) electrons. The average molecular weight is 414 g/mol. The zero-order valence-electron chi connectivity index (χ0n) is 17.0. The first-order chi connectivity index (χ1) is 14.4. The number of methoxy groups -OCH3 is 1. The van der Waals surface area contributed by atoms with E-state index < -0.39 is 0 Å². The molecule has 0 saturated heterocycles. The van der Waals surface area contributed by atoms with Crippen molar-refractivity contribution >= 4 is 11.7 Å². The lowest BCUT2D eigenvalue weighted by Crippen LogP contribution is -2.33. The van der Waals surface area contributed by atoms with Crippen molar-refractivity contribution in [3.05, 3.63) is 65.6 Å². The summed E-state index contributed by atoms with van der Waals surface area (Å²) in [5, 5.41) is 6.73. The van der Waals surface area contributed by atoms with E-state index in [4.69, 9.17) is 14.0 Å². The standard InChI is InChI=1S/C21H23FN4O4/c1-14-4-9-18(28-3)17(12-14)23-21(27)26(2)11-10-19-24-20(30-25-19)13-29-16-7-5-15(22)6-8-16/h4-9,12H,10-11,13H2,1-3H3,(H,23,27). The Balaban J connectivity index is 1.48. The summed E-state index contributed by atoms with van der Waals surface area (Å²) >= 11 is 0. The van der Waals surface area contributed by atoms with Gasteiger partial charge in [0, 0.05) is 20.0 Å². The van der Waals surface area contributed by atoms with Gasteiger partial charge in [-0.3, -0.25) is 0 Å². The van der Waals surface area contributed by atoms with Gasteiger partial charge in [0.2, 0.25) is 0 Å². The van der Waals surface area contributed by atoms with Crippen LogP contribution in [0.4, 0.5) is 14.9 Å². The SMILES string of the molecule is COc1ccc(C)cc1NC(=O)N(C)CCc1noc(COc2ccc(F)cc2)n1. The summed E-state index contributed by atoms with van der Waals surface area (Å²) in [5.74, 6) is 1.51. The second-order valence-corrected chi connectivity index (χ2v) is 6.65. The number of aryl methyl sites for hydroxylation is 1. The molecule has 0 unspecified atom stereocenters. The molecule has 1 aromatic heterocycles. The van der Waals surface area contributed by atoms with Crippen LogP contribution < -0.4 is 14.8 Å². The summed E-state index contributed by atoms with van der Waals surface area (Å²) in [4.78, 5) is 18.2. The highest BCUT2D eigenvalue weighted by atomic mass is 19.1. The maximum absolute atomic E-state index is 12.9. The summed E-state index contributed by atoms with van der Waals surface area (Å²) < 4.78 is 28.8. The minimum Gasteiger partial charge on any atom is -0.495 e. The number of hydrogen-bond acceptors (Lipinski definition) is 6. The molecule has 8 nitrogen and oxygen atoms in total. The summed E-state index contributed by atoms with van der Waals surface area (Å²) in [5.41, 5.74) is 1.62.